The standard InChI is InChI=1S/C27H33N3O6/c1-16(31)29-20-9-7-17-13-23(34-2)26(35-3)27(36-4)25(17)18-8-10-21(22(32)14-19(18)20)28-15-24(33)30-11-5-6-12-30/h8,10,13-14,20H,5-7,9,11-12,15H2,1-4H3,(H,28,32)(H,29,31)/t20-/m1/s1. The third kappa shape index (κ3) is 4.96. The van der Waals surface area contributed by atoms with E-state index in [0.717, 1.165) is 42.6 Å². The molecule has 2 aromatic carbocycles. The smallest absolute Gasteiger partial charge is 0.241 e. The van der Waals surface area contributed by atoms with Crippen molar-refractivity contribution in [3.8, 4) is 28.4 Å². The molecule has 0 aromatic heterocycles. The summed E-state index contributed by atoms with van der Waals surface area (Å²) in [5.74, 6) is 1.27. The first-order valence-corrected chi connectivity index (χ1v) is 12.2. The number of likely N-dealkylation sites (tertiary alicyclic amines) is 1. The number of hydrogen-bond acceptors (Lipinski definition) is 7. The molecule has 2 amide bonds. The summed E-state index contributed by atoms with van der Waals surface area (Å²) < 4.78 is 17.0. The molecule has 0 saturated carbocycles. The molecule has 0 unspecified atom stereocenters. The maximum Gasteiger partial charge on any atom is 0.241 e. The molecule has 0 radical (unpaired) electrons. The minimum Gasteiger partial charge on any atom is -0.493 e. The lowest BCUT2D eigenvalue weighted by atomic mass is 9.95. The molecule has 2 aromatic rings. The van der Waals surface area contributed by atoms with Crippen molar-refractivity contribution in [2.45, 2.75) is 38.6 Å². The second-order valence-corrected chi connectivity index (χ2v) is 9.04. The van der Waals surface area contributed by atoms with Gasteiger partial charge in [0.2, 0.25) is 23.0 Å². The number of carbonyl (C=O) groups is 2. The first-order chi connectivity index (χ1) is 17.4. The molecule has 192 valence electrons. The summed E-state index contributed by atoms with van der Waals surface area (Å²) in [6.45, 7) is 3.01. The Bertz CT molecular complexity index is 1220. The van der Waals surface area contributed by atoms with Gasteiger partial charge in [-0.15, -0.1) is 0 Å². The van der Waals surface area contributed by atoms with Crippen molar-refractivity contribution in [3.63, 3.8) is 0 Å². The van der Waals surface area contributed by atoms with Gasteiger partial charge in [0.1, 0.15) is 0 Å². The largest absolute Gasteiger partial charge is 0.493 e. The van der Waals surface area contributed by atoms with Gasteiger partial charge in [0.15, 0.2) is 11.5 Å². The molecule has 2 aliphatic rings. The molecule has 4 rings (SSSR count). The van der Waals surface area contributed by atoms with Gasteiger partial charge in [-0.3, -0.25) is 14.4 Å². The fourth-order valence-corrected chi connectivity index (χ4v) is 5.10. The second kappa shape index (κ2) is 10.9. The molecule has 1 saturated heterocycles. The number of aryl methyl sites for hydroxylation is 1. The first kappa shape index (κ1) is 25.3. The summed E-state index contributed by atoms with van der Waals surface area (Å²) in [6.07, 6.45) is 3.22. The molecule has 2 N–H and O–H groups in total. The number of carbonyl (C=O) groups excluding carboxylic acids is 2. The van der Waals surface area contributed by atoms with Crippen LogP contribution in [0, 0.1) is 0 Å². The summed E-state index contributed by atoms with van der Waals surface area (Å²) in [5, 5.41) is 6.02. The summed E-state index contributed by atoms with van der Waals surface area (Å²) in [5.41, 5.74) is 3.22. The van der Waals surface area contributed by atoms with E-state index in [1.54, 1.807) is 33.5 Å². The van der Waals surface area contributed by atoms with Gasteiger partial charge in [-0.2, -0.15) is 0 Å². The van der Waals surface area contributed by atoms with Crippen LogP contribution in [0.2, 0.25) is 0 Å². The van der Waals surface area contributed by atoms with Gasteiger partial charge in [-0.25, -0.2) is 0 Å². The number of hydrogen-bond donors (Lipinski definition) is 2. The first-order valence-electron chi connectivity index (χ1n) is 12.2. The highest BCUT2D eigenvalue weighted by Gasteiger charge is 2.29. The van der Waals surface area contributed by atoms with Gasteiger partial charge in [0.25, 0.3) is 0 Å². The molecule has 1 aliphatic heterocycles. The Morgan fingerprint density at radius 2 is 1.75 bits per heavy atom. The monoisotopic (exact) mass is 495 g/mol. The van der Waals surface area contributed by atoms with Crippen LogP contribution in [0.1, 0.15) is 43.4 Å². The molecule has 0 bridgehead atoms. The van der Waals surface area contributed by atoms with Gasteiger partial charge in [0.05, 0.1) is 39.6 Å². The van der Waals surface area contributed by atoms with Crippen molar-refractivity contribution in [3.05, 3.63) is 45.6 Å². The molecule has 0 spiro atoms. The predicted molar refractivity (Wildman–Crippen MR) is 137 cm³/mol. The molecule has 9 heteroatoms. The number of anilines is 1. The Kier molecular flexibility index (Phi) is 7.67. The van der Waals surface area contributed by atoms with Crippen LogP contribution in [0.15, 0.2) is 29.1 Å². The molecule has 1 atom stereocenters. The van der Waals surface area contributed by atoms with Crippen LogP contribution in [0.3, 0.4) is 0 Å². The van der Waals surface area contributed by atoms with Crippen LogP contribution in [0.25, 0.3) is 11.1 Å². The van der Waals surface area contributed by atoms with E-state index in [4.69, 9.17) is 14.2 Å². The van der Waals surface area contributed by atoms with Crippen molar-refractivity contribution in [2.24, 2.45) is 0 Å². The molecule has 1 aliphatic carbocycles. The van der Waals surface area contributed by atoms with E-state index < -0.39 is 0 Å². The molecule has 1 heterocycles. The minimum atomic E-state index is -0.384. The number of benzene rings is 1. The second-order valence-electron chi connectivity index (χ2n) is 9.04. The molecule has 36 heavy (non-hydrogen) atoms. The van der Waals surface area contributed by atoms with Gasteiger partial charge in [-0.05, 0) is 60.6 Å². The number of amides is 2. The lowest BCUT2D eigenvalue weighted by Gasteiger charge is -2.19. The number of rotatable bonds is 7. The van der Waals surface area contributed by atoms with Crippen LogP contribution < -0.4 is 30.3 Å². The summed E-state index contributed by atoms with van der Waals surface area (Å²) >= 11 is 0. The van der Waals surface area contributed by atoms with E-state index in [-0.39, 0.29) is 29.8 Å². The average Bonchev–Trinajstić information content (AvgIpc) is 3.31. The Morgan fingerprint density at radius 3 is 2.39 bits per heavy atom. The van der Waals surface area contributed by atoms with Crippen molar-refractivity contribution in [1.82, 2.24) is 10.2 Å². The summed E-state index contributed by atoms with van der Waals surface area (Å²) in [7, 11) is 4.68. The highest BCUT2D eigenvalue weighted by atomic mass is 16.5. The lowest BCUT2D eigenvalue weighted by Crippen LogP contribution is -2.33. The third-order valence-corrected chi connectivity index (χ3v) is 6.80. The van der Waals surface area contributed by atoms with E-state index >= 15 is 0 Å². The Morgan fingerprint density at radius 1 is 1.03 bits per heavy atom. The quantitative estimate of drug-likeness (QED) is 0.608. The van der Waals surface area contributed by atoms with Crippen molar-refractivity contribution in [2.75, 3.05) is 46.3 Å². The van der Waals surface area contributed by atoms with Crippen molar-refractivity contribution >= 4 is 17.5 Å². The van der Waals surface area contributed by atoms with E-state index in [0.29, 0.717) is 41.3 Å². The number of methoxy groups -OCH3 is 3. The molecule has 1 fully saturated rings. The summed E-state index contributed by atoms with van der Waals surface area (Å²) in [6, 6.07) is 6.60. The number of nitrogens with zero attached hydrogens (tertiary/aromatic N) is 1. The number of fused-ring (bicyclic) bond motifs is 3. The number of ether oxygens (including phenoxy) is 3. The Balaban J connectivity index is 1.84. The van der Waals surface area contributed by atoms with Gasteiger partial charge < -0.3 is 29.7 Å². The predicted octanol–water partition coefficient (Wildman–Crippen LogP) is 2.90. The Hall–Kier alpha value is -3.75. The van der Waals surface area contributed by atoms with E-state index in [2.05, 4.69) is 10.6 Å². The van der Waals surface area contributed by atoms with Gasteiger partial charge in [0, 0.05) is 25.6 Å². The van der Waals surface area contributed by atoms with Gasteiger partial charge >= 0.3 is 0 Å². The topological polar surface area (TPSA) is 106 Å². The number of nitrogens with one attached hydrogen (secondary N) is 2. The van der Waals surface area contributed by atoms with Gasteiger partial charge in [-0.1, -0.05) is 6.07 Å². The van der Waals surface area contributed by atoms with Crippen LogP contribution >= 0.6 is 0 Å². The zero-order valence-electron chi connectivity index (χ0n) is 21.2. The van der Waals surface area contributed by atoms with Crippen LogP contribution in [-0.4, -0.2) is 57.7 Å². The minimum absolute atomic E-state index is 0.0278. The Labute approximate surface area is 210 Å². The van der Waals surface area contributed by atoms with Crippen LogP contribution in [0.5, 0.6) is 17.2 Å². The van der Waals surface area contributed by atoms with Crippen LogP contribution in [0.4, 0.5) is 5.69 Å². The maximum atomic E-state index is 13.3. The van der Waals surface area contributed by atoms with Crippen molar-refractivity contribution < 1.29 is 23.8 Å². The normalized spacial score (nSPS) is 16.3. The fourth-order valence-electron chi connectivity index (χ4n) is 5.10. The van der Waals surface area contributed by atoms with E-state index in [1.807, 2.05) is 17.0 Å². The third-order valence-electron chi connectivity index (χ3n) is 6.80. The molecular weight excluding hydrogens is 462 g/mol. The summed E-state index contributed by atoms with van der Waals surface area (Å²) in [4.78, 5) is 39.7. The van der Waals surface area contributed by atoms with Crippen molar-refractivity contribution in [1.29, 1.82) is 0 Å². The van der Waals surface area contributed by atoms with E-state index in [1.165, 1.54) is 6.92 Å². The zero-order chi connectivity index (χ0) is 25.8. The SMILES string of the molecule is COc1cc2c(c(OC)c1OC)-c1ccc(NCC(=O)N3CCCC3)c(=O)cc1[C@H](NC(C)=O)CC2. The lowest BCUT2D eigenvalue weighted by molar-refractivity contribution is -0.128. The van der Waals surface area contributed by atoms with Crippen LogP contribution in [-0.2, 0) is 16.0 Å². The fraction of sp³-hybridized carbons (Fsp3) is 0.444. The molecular formula is C27H33N3O6. The highest BCUT2D eigenvalue weighted by Crippen LogP contribution is 2.50. The average molecular weight is 496 g/mol. The zero-order valence-corrected chi connectivity index (χ0v) is 21.2. The molecule has 9 nitrogen and oxygen atoms in total. The van der Waals surface area contributed by atoms with E-state index in [9.17, 15) is 14.4 Å². The highest BCUT2D eigenvalue weighted by molar-refractivity contribution is 5.84. The maximum absolute atomic E-state index is 13.3.